The minimum atomic E-state index is -0.334. The van der Waals surface area contributed by atoms with Gasteiger partial charge in [-0.2, -0.15) is 0 Å². The van der Waals surface area contributed by atoms with Crippen LogP contribution in [0.1, 0.15) is 18.9 Å². The molecule has 0 aliphatic rings. The van der Waals surface area contributed by atoms with Gasteiger partial charge in [-0.05, 0) is 49.0 Å². The summed E-state index contributed by atoms with van der Waals surface area (Å²) < 4.78 is 27.5. The van der Waals surface area contributed by atoms with E-state index in [2.05, 4.69) is 12.2 Å². The van der Waals surface area contributed by atoms with Gasteiger partial charge in [-0.1, -0.05) is 6.92 Å². The minimum absolute atomic E-state index is 0.326. The van der Waals surface area contributed by atoms with Crippen LogP contribution in [0.5, 0.6) is 0 Å². The smallest absolute Gasteiger partial charge is 0.141 e. The highest BCUT2D eigenvalue weighted by molar-refractivity contribution is 7.17. The van der Waals surface area contributed by atoms with E-state index in [1.807, 2.05) is 5.38 Å². The summed E-state index contributed by atoms with van der Waals surface area (Å²) in [5, 5.41) is 5.56. The topological polar surface area (TPSA) is 12.0 Å². The molecule has 4 heteroatoms. The fourth-order valence-corrected chi connectivity index (χ4v) is 2.87. The summed E-state index contributed by atoms with van der Waals surface area (Å²) >= 11 is 1.28. The first-order valence-corrected chi connectivity index (χ1v) is 6.66. The van der Waals surface area contributed by atoms with E-state index in [-0.39, 0.29) is 11.6 Å². The highest BCUT2D eigenvalue weighted by atomic mass is 32.1. The van der Waals surface area contributed by atoms with Gasteiger partial charge in [-0.25, -0.2) is 8.78 Å². The van der Waals surface area contributed by atoms with Crippen molar-refractivity contribution in [3.05, 3.63) is 34.7 Å². The Morgan fingerprint density at radius 2 is 1.94 bits per heavy atom. The SMILES string of the molecule is CCCNCCc1csc2c(F)ccc(F)c12. The van der Waals surface area contributed by atoms with E-state index in [9.17, 15) is 8.78 Å². The second kappa shape index (κ2) is 5.56. The van der Waals surface area contributed by atoms with Gasteiger partial charge < -0.3 is 5.32 Å². The lowest BCUT2D eigenvalue weighted by molar-refractivity contribution is 0.617. The quantitative estimate of drug-likeness (QED) is 0.803. The molecule has 1 aromatic heterocycles. The number of benzene rings is 1. The number of nitrogens with one attached hydrogen (secondary N) is 1. The molecule has 0 bridgehead atoms. The normalized spacial score (nSPS) is 11.2. The molecule has 0 saturated carbocycles. The van der Waals surface area contributed by atoms with Crippen LogP contribution in [0, 0.1) is 11.6 Å². The summed E-state index contributed by atoms with van der Waals surface area (Å²) in [7, 11) is 0. The second-order valence-corrected chi connectivity index (χ2v) is 4.87. The molecule has 1 heterocycles. The Labute approximate surface area is 103 Å². The van der Waals surface area contributed by atoms with Crippen LogP contribution in [-0.2, 0) is 6.42 Å². The Bertz CT molecular complexity index is 507. The van der Waals surface area contributed by atoms with E-state index >= 15 is 0 Å². The molecule has 0 aliphatic carbocycles. The summed E-state index contributed by atoms with van der Waals surface area (Å²) in [6.07, 6.45) is 1.81. The maximum absolute atomic E-state index is 13.7. The number of fused-ring (bicyclic) bond motifs is 1. The minimum Gasteiger partial charge on any atom is -0.316 e. The van der Waals surface area contributed by atoms with Crippen molar-refractivity contribution in [1.29, 1.82) is 0 Å². The third kappa shape index (κ3) is 2.64. The molecule has 0 aliphatic heterocycles. The first-order valence-electron chi connectivity index (χ1n) is 5.78. The Morgan fingerprint density at radius 1 is 1.18 bits per heavy atom. The molecular formula is C13H15F2NS. The van der Waals surface area contributed by atoms with Crippen LogP contribution in [-0.4, -0.2) is 13.1 Å². The molecule has 1 nitrogen and oxygen atoms in total. The van der Waals surface area contributed by atoms with E-state index in [0.717, 1.165) is 31.5 Å². The van der Waals surface area contributed by atoms with Crippen molar-refractivity contribution < 1.29 is 8.78 Å². The monoisotopic (exact) mass is 255 g/mol. The summed E-state index contributed by atoms with van der Waals surface area (Å²) in [6, 6.07) is 2.39. The van der Waals surface area contributed by atoms with Gasteiger partial charge in [0.2, 0.25) is 0 Å². The lowest BCUT2D eigenvalue weighted by Crippen LogP contribution is -2.17. The van der Waals surface area contributed by atoms with Gasteiger partial charge in [0.05, 0.1) is 4.70 Å². The van der Waals surface area contributed by atoms with Crippen molar-refractivity contribution >= 4 is 21.4 Å². The van der Waals surface area contributed by atoms with Crippen molar-refractivity contribution in [1.82, 2.24) is 5.32 Å². The highest BCUT2D eigenvalue weighted by Crippen LogP contribution is 2.30. The Morgan fingerprint density at radius 3 is 2.71 bits per heavy atom. The zero-order valence-electron chi connectivity index (χ0n) is 9.72. The van der Waals surface area contributed by atoms with Crippen molar-refractivity contribution in [2.24, 2.45) is 0 Å². The van der Waals surface area contributed by atoms with Gasteiger partial charge in [-0.3, -0.25) is 0 Å². The van der Waals surface area contributed by atoms with Crippen molar-refractivity contribution in [3.63, 3.8) is 0 Å². The molecule has 0 radical (unpaired) electrons. The number of rotatable bonds is 5. The Hall–Kier alpha value is -1.00. The first kappa shape index (κ1) is 12.5. The van der Waals surface area contributed by atoms with E-state index in [1.165, 1.54) is 23.5 Å². The molecule has 0 atom stereocenters. The maximum atomic E-state index is 13.7. The third-order valence-electron chi connectivity index (χ3n) is 2.70. The van der Waals surface area contributed by atoms with Gasteiger partial charge in [0.25, 0.3) is 0 Å². The fourth-order valence-electron chi connectivity index (χ4n) is 1.85. The van der Waals surface area contributed by atoms with E-state index in [1.54, 1.807) is 0 Å². The van der Waals surface area contributed by atoms with Gasteiger partial charge in [0.15, 0.2) is 0 Å². The number of halogens is 2. The molecule has 0 saturated heterocycles. The van der Waals surface area contributed by atoms with Gasteiger partial charge >= 0.3 is 0 Å². The van der Waals surface area contributed by atoms with Crippen LogP contribution in [0.3, 0.4) is 0 Å². The maximum Gasteiger partial charge on any atom is 0.141 e. The average Bonchev–Trinajstić information content (AvgIpc) is 2.75. The van der Waals surface area contributed by atoms with Crippen LogP contribution >= 0.6 is 11.3 Å². The first-order chi connectivity index (χ1) is 8.24. The Balaban J connectivity index is 2.20. The standard InChI is InChI=1S/C13H15F2NS/c1-2-6-16-7-5-9-8-17-13-11(15)4-3-10(14)12(9)13/h3-4,8,16H,2,5-7H2,1H3. The van der Waals surface area contributed by atoms with Crippen LogP contribution < -0.4 is 5.32 Å². The van der Waals surface area contributed by atoms with Crippen molar-refractivity contribution in [2.45, 2.75) is 19.8 Å². The highest BCUT2D eigenvalue weighted by Gasteiger charge is 2.12. The van der Waals surface area contributed by atoms with Crippen LogP contribution in [0.25, 0.3) is 10.1 Å². The van der Waals surface area contributed by atoms with Gasteiger partial charge in [0.1, 0.15) is 11.6 Å². The molecule has 1 N–H and O–H groups in total. The lowest BCUT2D eigenvalue weighted by Gasteiger charge is -2.03. The van der Waals surface area contributed by atoms with E-state index in [0.29, 0.717) is 10.1 Å². The molecule has 0 unspecified atom stereocenters. The number of thiophene rings is 1. The molecule has 2 aromatic rings. The van der Waals surface area contributed by atoms with Gasteiger partial charge in [0, 0.05) is 5.39 Å². The summed E-state index contributed by atoms with van der Waals surface area (Å²) in [5.41, 5.74) is 0.894. The molecule has 2 rings (SSSR count). The molecule has 0 amide bonds. The molecular weight excluding hydrogens is 240 g/mol. The number of hydrogen-bond donors (Lipinski definition) is 1. The zero-order valence-corrected chi connectivity index (χ0v) is 10.5. The van der Waals surface area contributed by atoms with E-state index < -0.39 is 0 Å². The molecule has 0 fully saturated rings. The van der Waals surface area contributed by atoms with E-state index in [4.69, 9.17) is 0 Å². The fraction of sp³-hybridized carbons (Fsp3) is 0.385. The zero-order chi connectivity index (χ0) is 12.3. The predicted molar refractivity (Wildman–Crippen MR) is 68.6 cm³/mol. The summed E-state index contributed by atoms with van der Waals surface area (Å²) in [4.78, 5) is 0. The Kier molecular flexibility index (Phi) is 4.07. The lowest BCUT2D eigenvalue weighted by atomic mass is 10.1. The molecule has 0 spiro atoms. The molecule has 17 heavy (non-hydrogen) atoms. The van der Waals surface area contributed by atoms with Crippen molar-refractivity contribution in [2.75, 3.05) is 13.1 Å². The third-order valence-corrected chi connectivity index (χ3v) is 3.73. The summed E-state index contributed by atoms with van der Waals surface area (Å²) in [5.74, 6) is -0.660. The molecule has 1 aromatic carbocycles. The number of hydrogen-bond acceptors (Lipinski definition) is 2. The predicted octanol–water partition coefficient (Wildman–Crippen LogP) is 3.72. The van der Waals surface area contributed by atoms with Crippen LogP contribution in [0.2, 0.25) is 0 Å². The second-order valence-electron chi connectivity index (χ2n) is 3.99. The van der Waals surface area contributed by atoms with Crippen molar-refractivity contribution in [3.8, 4) is 0 Å². The summed E-state index contributed by atoms with van der Waals surface area (Å²) in [6.45, 7) is 3.86. The van der Waals surface area contributed by atoms with Crippen LogP contribution in [0.4, 0.5) is 8.78 Å². The largest absolute Gasteiger partial charge is 0.316 e. The van der Waals surface area contributed by atoms with Gasteiger partial charge in [-0.15, -0.1) is 11.3 Å². The van der Waals surface area contributed by atoms with Crippen LogP contribution in [0.15, 0.2) is 17.5 Å². The average molecular weight is 255 g/mol. The molecule has 92 valence electrons.